The van der Waals surface area contributed by atoms with E-state index < -0.39 is 17.7 Å². The van der Waals surface area contributed by atoms with Crippen LogP contribution in [-0.4, -0.2) is 41.5 Å². The van der Waals surface area contributed by atoms with Crippen LogP contribution in [0.3, 0.4) is 0 Å². The molecule has 4 aromatic rings. The van der Waals surface area contributed by atoms with Crippen LogP contribution in [0.25, 0.3) is 11.4 Å². The van der Waals surface area contributed by atoms with Crippen LogP contribution in [0, 0.1) is 20.8 Å². The smallest absolute Gasteiger partial charge is 0.301 e. The third-order valence-electron chi connectivity index (χ3n) is 5.68. The number of aromatic hydroxyl groups is 1. The lowest BCUT2D eigenvalue weighted by molar-refractivity contribution is -0.132. The topological polar surface area (TPSA) is 121 Å². The SMILES string of the molecule is Cc1nnc(N2C(=O)C(=O)/C(=C(/O)c3nc4c(C)cccn4c3C)C2c2ccc(O)cc2)s1. The highest BCUT2D eigenvalue weighted by atomic mass is 32.1. The maximum Gasteiger partial charge on any atom is 0.301 e. The van der Waals surface area contributed by atoms with Gasteiger partial charge in [-0.25, -0.2) is 4.98 Å². The highest BCUT2D eigenvalue weighted by molar-refractivity contribution is 7.15. The number of anilines is 1. The zero-order valence-corrected chi connectivity index (χ0v) is 18.8. The summed E-state index contributed by atoms with van der Waals surface area (Å²) < 4.78 is 1.82. The van der Waals surface area contributed by atoms with Crippen LogP contribution in [0.1, 0.15) is 33.6 Å². The van der Waals surface area contributed by atoms with Gasteiger partial charge in [-0.1, -0.05) is 29.5 Å². The molecular formula is C23H19N5O4S. The Bertz CT molecular complexity index is 1470. The average molecular weight is 462 g/mol. The number of carbonyl (C=O) groups excluding carboxylic acids is 2. The fourth-order valence-electron chi connectivity index (χ4n) is 4.06. The standard InChI is InChI=1S/C23H19N5O4S/c1-11-5-4-10-27-12(2)17(24-21(11)27)19(30)16-18(14-6-8-15(29)9-7-14)28(22(32)20(16)31)23-26-25-13(3)33-23/h4-10,18,29-30H,1-3H3/b19-16+. The zero-order valence-electron chi connectivity index (χ0n) is 18.0. The number of ketones is 1. The summed E-state index contributed by atoms with van der Waals surface area (Å²) in [6, 6.07) is 8.93. The molecule has 0 radical (unpaired) electrons. The second-order valence-corrected chi connectivity index (χ2v) is 8.96. The van der Waals surface area contributed by atoms with Crippen molar-refractivity contribution in [3.05, 3.63) is 75.7 Å². The van der Waals surface area contributed by atoms with Crippen LogP contribution in [0.5, 0.6) is 5.75 Å². The number of aromatic nitrogens is 4. The van der Waals surface area contributed by atoms with Crippen LogP contribution in [0.4, 0.5) is 5.13 Å². The van der Waals surface area contributed by atoms with Crippen LogP contribution in [0.2, 0.25) is 0 Å². The Morgan fingerprint density at radius 3 is 2.42 bits per heavy atom. The van der Waals surface area contributed by atoms with Gasteiger partial charge in [0, 0.05) is 6.20 Å². The van der Waals surface area contributed by atoms with E-state index in [0.29, 0.717) is 21.9 Å². The van der Waals surface area contributed by atoms with Crippen molar-refractivity contribution < 1.29 is 19.8 Å². The van der Waals surface area contributed by atoms with Gasteiger partial charge >= 0.3 is 5.91 Å². The Hall–Kier alpha value is -4.05. The van der Waals surface area contributed by atoms with Crippen molar-refractivity contribution in [3.8, 4) is 5.75 Å². The third-order valence-corrected chi connectivity index (χ3v) is 6.52. The number of nitrogens with zero attached hydrogens (tertiary/aromatic N) is 5. The molecule has 1 saturated heterocycles. The number of aryl methyl sites for hydroxylation is 3. The van der Waals surface area contributed by atoms with E-state index in [-0.39, 0.29) is 27.9 Å². The molecule has 1 aromatic carbocycles. The van der Waals surface area contributed by atoms with E-state index in [1.807, 2.05) is 29.7 Å². The number of Topliss-reactive ketones (excluding diaryl/α,β-unsaturated/α-hetero) is 1. The Labute approximate surface area is 192 Å². The third kappa shape index (κ3) is 3.18. The summed E-state index contributed by atoms with van der Waals surface area (Å²) in [6.45, 7) is 5.43. The molecule has 0 saturated carbocycles. The number of phenols is 1. The number of hydrogen-bond donors (Lipinski definition) is 2. The lowest BCUT2D eigenvalue weighted by Gasteiger charge is -2.22. The minimum atomic E-state index is -0.955. The van der Waals surface area contributed by atoms with E-state index in [0.717, 1.165) is 5.56 Å². The van der Waals surface area contributed by atoms with E-state index in [4.69, 9.17) is 0 Å². The van der Waals surface area contributed by atoms with Crippen molar-refractivity contribution in [2.24, 2.45) is 0 Å². The maximum atomic E-state index is 13.2. The lowest BCUT2D eigenvalue weighted by Crippen LogP contribution is -2.29. The largest absolute Gasteiger partial charge is 0.508 e. The molecular weight excluding hydrogens is 442 g/mol. The van der Waals surface area contributed by atoms with E-state index in [1.165, 1.54) is 28.4 Å². The molecule has 1 amide bonds. The van der Waals surface area contributed by atoms with Gasteiger partial charge < -0.3 is 14.6 Å². The summed E-state index contributed by atoms with van der Waals surface area (Å²) in [5.74, 6) is -1.99. The lowest BCUT2D eigenvalue weighted by atomic mass is 9.96. The molecule has 1 atom stereocenters. The number of phenolic OH excluding ortho intramolecular Hbond substituents is 1. The minimum Gasteiger partial charge on any atom is -0.508 e. The molecule has 166 valence electrons. The van der Waals surface area contributed by atoms with Gasteiger partial charge in [0.05, 0.1) is 17.3 Å². The number of hydrogen-bond acceptors (Lipinski definition) is 8. The second-order valence-electron chi connectivity index (χ2n) is 7.79. The van der Waals surface area contributed by atoms with E-state index in [9.17, 15) is 19.8 Å². The Morgan fingerprint density at radius 2 is 1.79 bits per heavy atom. The summed E-state index contributed by atoms with van der Waals surface area (Å²) in [6.07, 6.45) is 1.82. The number of aliphatic hydroxyl groups is 1. The molecule has 9 nitrogen and oxygen atoms in total. The van der Waals surface area contributed by atoms with Gasteiger partial charge in [-0.2, -0.15) is 0 Å². The Morgan fingerprint density at radius 1 is 1.06 bits per heavy atom. The predicted octanol–water partition coefficient (Wildman–Crippen LogP) is 3.44. The first-order valence-corrected chi connectivity index (χ1v) is 10.9. The van der Waals surface area contributed by atoms with Gasteiger partial charge in [-0.3, -0.25) is 14.5 Å². The first-order chi connectivity index (χ1) is 15.8. The van der Waals surface area contributed by atoms with E-state index in [2.05, 4.69) is 15.2 Å². The van der Waals surface area contributed by atoms with Gasteiger partial charge in [-0.05, 0) is 50.1 Å². The number of amides is 1. The van der Waals surface area contributed by atoms with Crippen LogP contribution in [0.15, 0.2) is 48.2 Å². The van der Waals surface area contributed by atoms with Crippen molar-refractivity contribution in [3.63, 3.8) is 0 Å². The van der Waals surface area contributed by atoms with Crippen molar-refractivity contribution in [1.29, 1.82) is 0 Å². The van der Waals surface area contributed by atoms with Crippen LogP contribution >= 0.6 is 11.3 Å². The van der Waals surface area contributed by atoms with Gasteiger partial charge in [0.15, 0.2) is 5.76 Å². The highest BCUT2D eigenvalue weighted by Crippen LogP contribution is 2.43. The van der Waals surface area contributed by atoms with Gasteiger partial charge in [0.1, 0.15) is 22.1 Å². The van der Waals surface area contributed by atoms with E-state index in [1.54, 1.807) is 26.0 Å². The maximum absolute atomic E-state index is 13.2. The number of carbonyl (C=O) groups is 2. The Balaban J connectivity index is 1.77. The first-order valence-electron chi connectivity index (χ1n) is 10.1. The number of benzene rings is 1. The molecule has 33 heavy (non-hydrogen) atoms. The first kappa shape index (κ1) is 20.8. The monoisotopic (exact) mass is 461 g/mol. The average Bonchev–Trinajstić information content (AvgIpc) is 3.44. The van der Waals surface area contributed by atoms with Crippen molar-refractivity contribution in [1.82, 2.24) is 19.6 Å². The summed E-state index contributed by atoms with van der Waals surface area (Å²) in [7, 11) is 0. The fraction of sp³-hybridized carbons (Fsp3) is 0.174. The number of fused-ring (bicyclic) bond motifs is 1. The summed E-state index contributed by atoms with van der Waals surface area (Å²) in [5, 5.41) is 30.0. The number of rotatable bonds is 3. The second kappa shape index (κ2) is 7.52. The van der Waals surface area contributed by atoms with Crippen molar-refractivity contribution in [2.75, 3.05) is 4.90 Å². The van der Waals surface area contributed by atoms with Gasteiger partial charge in [0.2, 0.25) is 5.13 Å². The molecule has 1 unspecified atom stereocenters. The molecule has 10 heteroatoms. The zero-order chi connectivity index (χ0) is 23.4. The quantitative estimate of drug-likeness (QED) is 0.272. The molecule has 3 aromatic heterocycles. The summed E-state index contributed by atoms with van der Waals surface area (Å²) in [5.41, 5.74) is 2.83. The fourth-order valence-corrected chi connectivity index (χ4v) is 4.77. The summed E-state index contributed by atoms with van der Waals surface area (Å²) >= 11 is 1.17. The minimum absolute atomic E-state index is 0.0362. The predicted molar refractivity (Wildman–Crippen MR) is 122 cm³/mol. The van der Waals surface area contributed by atoms with Crippen LogP contribution in [-0.2, 0) is 9.59 Å². The van der Waals surface area contributed by atoms with Crippen LogP contribution < -0.4 is 4.90 Å². The molecule has 1 aliphatic rings. The molecule has 0 bridgehead atoms. The molecule has 0 spiro atoms. The molecule has 1 fully saturated rings. The summed E-state index contributed by atoms with van der Waals surface area (Å²) in [4.78, 5) is 32.1. The van der Waals surface area contributed by atoms with Crippen molar-refractivity contribution in [2.45, 2.75) is 26.8 Å². The Kier molecular flexibility index (Phi) is 4.75. The van der Waals surface area contributed by atoms with E-state index >= 15 is 0 Å². The molecule has 2 N–H and O–H groups in total. The molecule has 5 rings (SSSR count). The number of aliphatic hydroxyl groups excluding tert-OH is 1. The van der Waals surface area contributed by atoms with Gasteiger partial charge in [0.25, 0.3) is 5.78 Å². The normalized spacial score (nSPS) is 17.9. The number of imidazole rings is 1. The van der Waals surface area contributed by atoms with Gasteiger partial charge in [-0.15, -0.1) is 10.2 Å². The van der Waals surface area contributed by atoms with Crippen molar-refractivity contribution >= 4 is 39.6 Å². The molecule has 1 aliphatic heterocycles. The molecule has 0 aliphatic carbocycles. The number of pyridine rings is 1. The molecule has 4 heterocycles. The highest BCUT2D eigenvalue weighted by Gasteiger charge is 2.48.